The van der Waals surface area contributed by atoms with Crippen molar-refractivity contribution < 1.29 is 4.79 Å². The Morgan fingerprint density at radius 1 is 1.00 bits per heavy atom. The van der Waals surface area contributed by atoms with Crippen LogP contribution in [-0.2, 0) is 17.8 Å². The van der Waals surface area contributed by atoms with Gasteiger partial charge in [-0.25, -0.2) is 0 Å². The molecule has 1 fully saturated rings. The fourth-order valence-electron chi connectivity index (χ4n) is 3.05. The maximum Gasteiger partial charge on any atom is 0.223 e. The number of hydrogen-bond donors (Lipinski definition) is 0. The molecule has 0 aliphatic heterocycles. The van der Waals surface area contributed by atoms with Crippen molar-refractivity contribution in [3.63, 3.8) is 0 Å². The van der Waals surface area contributed by atoms with Crippen molar-refractivity contribution >= 4 is 5.91 Å². The molecule has 2 aromatic carbocycles. The molecule has 1 saturated carbocycles. The summed E-state index contributed by atoms with van der Waals surface area (Å²) in [5, 5.41) is 0. The molecule has 0 saturated heterocycles. The molecular weight excluding hydrogens is 294 g/mol. The summed E-state index contributed by atoms with van der Waals surface area (Å²) < 4.78 is 0. The molecule has 0 atom stereocenters. The Balaban J connectivity index is 1.60. The van der Waals surface area contributed by atoms with Crippen LogP contribution in [0.3, 0.4) is 0 Å². The van der Waals surface area contributed by atoms with Crippen molar-refractivity contribution in [2.75, 3.05) is 0 Å². The third kappa shape index (κ3) is 4.47. The van der Waals surface area contributed by atoms with Crippen molar-refractivity contribution in [2.45, 2.75) is 58.0 Å². The molecule has 0 unspecified atom stereocenters. The number of rotatable bonds is 7. The van der Waals surface area contributed by atoms with Gasteiger partial charge in [-0.2, -0.15) is 0 Å². The number of benzene rings is 2. The summed E-state index contributed by atoms with van der Waals surface area (Å²) in [6, 6.07) is 19.5. The molecule has 1 aliphatic rings. The van der Waals surface area contributed by atoms with Gasteiger partial charge in [-0.1, -0.05) is 68.4 Å². The molecule has 0 bridgehead atoms. The first-order valence-corrected chi connectivity index (χ1v) is 9.05. The lowest BCUT2D eigenvalue weighted by atomic mass is 10.0. The molecule has 3 rings (SSSR count). The van der Waals surface area contributed by atoms with E-state index in [9.17, 15) is 4.79 Å². The van der Waals surface area contributed by atoms with Crippen LogP contribution < -0.4 is 0 Å². The zero-order valence-electron chi connectivity index (χ0n) is 14.7. The third-order valence-electron chi connectivity index (χ3n) is 4.78. The van der Waals surface area contributed by atoms with Gasteiger partial charge in [0.15, 0.2) is 0 Å². The predicted octanol–water partition coefficient (Wildman–Crippen LogP) is 4.93. The van der Waals surface area contributed by atoms with E-state index in [2.05, 4.69) is 55.1 Å². The molecule has 2 aromatic rings. The highest BCUT2D eigenvalue weighted by Gasteiger charge is 2.32. The summed E-state index contributed by atoms with van der Waals surface area (Å²) in [4.78, 5) is 14.8. The molecule has 0 radical (unpaired) electrons. The van der Waals surface area contributed by atoms with Crippen LogP contribution in [0, 0.1) is 0 Å². The van der Waals surface area contributed by atoms with Crippen molar-refractivity contribution in [2.24, 2.45) is 0 Å². The number of amides is 1. The Bertz CT molecular complexity index is 656. The summed E-state index contributed by atoms with van der Waals surface area (Å²) in [7, 11) is 0. The van der Waals surface area contributed by atoms with Gasteiger partial charge in [0.1, 0.15) is 0 Å². The minimum Gasteiger partial charge on any atom is -0.335 e. The van der Waals surface area contributed by atoms with Crippen LogP contribution in [0.25, 0.3) is 0 Å². The van der Waals surface area contributed by atoms with Crippen LogP contribution >= 0.6 is 0 Å². The molecule has 0 spiro atoms. The minimum atomic E-state index is 0.286. The zero-order valence-corrected chi connectivity index (χ0v) is 14.7. The van der Waals surface area contributed by atoms with Gasteiger partial charge in [-0.3, -0.25) is 4.79 Å². The second-order valence-corrected chi connectivity index (χ2v) is 7.13. The molecule has 0 N–H and O–H groups in total. The summed E-state index contributed by atoms with van der Waals surface area (Å²) in [6.07, 6.45) is 3.74. The standard InChI is InChI=1S/C22H27NO/c1-17(2)20-11-8-19(9-12-20)16-23(21-13-14-21)22(24)15-10-18-6-4-3-5-7-18/h3-9,11-12,17,21H,10,13-16H2,1-2H3. The smallest absolute Gasteiger partial charge is 0.223 e. The topological polar surface area (TPSA) is 20.3 Å². The summed E-state index contributed by atoms with van der Waals surface area (Å²) in [5.74, 6) is 0.834. The lowest BCUT2D eigenvalue weighted by molar-refractivity contribution is -0.132. The molecule has 0 aromatic heterocycles. The molecule has 1 amide bonds. The Morgan fingerprint density at radius 3 is 2.25 bits per heavy atom. The third-order valence-corrected chi connectivity index (χ3v) is 4.78. The largest absolute Gasteiger partial charge is 0.335 e. The lowest BCUT2D eigenvalue weighted by Gasteiger charge is -2.23. The van der Waals surface area contributed by atoms with E-state index in [1.165, 1.54) is 16.7 Å². The van der Waals surface area contributed by atoms with E-state index in [0.29, 0.717) is 18.4 Å². The highest BCUT2D eigenvalue weighted by Crippen LogP contribution is 2.29. The fourth-order valence-corrected chi connectivity index (χ4v) is 3.05. The molecule has 0 heterocycles. The highest BCUT2D eigenvalue weighted by molar-refractivity contribution is 5.77. The Labute approximate surface area is 145 Å². The Hall–Kier alpha value is -2.09. The maximum absolute atomic E-state index is 12.7. The molecule has 126 valence electrons. The van der Waals surface area contributed by atoms with Crippen LogP contribution in [-0.4, -0.2) is 16.8 Å². The average Bonchev–Trinajstić information content (AvgIpc) is 3.44. The quantitative estimate of drug-likeness (QED) is 0.708. The van der Waals surface area contributed by atoms with Gasteiger partial charge in [0.25, 0.3) is 0 Å². The number of hydrogen-bond acceptors (Lipinski definition) is 1. The van der Waals surface area contributed by atoms with Crippen molar-refractivity contribution in [1.29, 1.82) is 0 Å². The summed E-state index contributed by atoms with van der Waals surface area (Å²) in [5.41, 5.74) is 3.83. The lowest BCUT2D eigenvalue weighted by Crippen LogP contribution is -2.32. The van der Waals surface area contributed by atoms with Crippen LogP contribution in [0.15, 0.2) is 54.6 Å². The van der Waals surface area contributed by atoms with E-state index < -0.39 is 0 Å². The Kier molecular flexibility index (Phi) is 5.34. The molecule has 2 nitrogen and oxygen atoms in total. The second-order valence-electron chi connectivity index (χ2n) is 7.13. The highest BCUT2D eigenvalue weighted by atomic mass is 16.2. The van der Waals surface area contributed by atoms with Gasteiger partial charge in [-0.15, -0.1) is 0 Å². The second kappa shape index (κ2) is 7.65. The SMILES string of the molecule is CC(C)c1ccc(CN(C(=O)CCc2ccccc2)C2CC2)cc1. The molecular formula is C22H27NO. The number of nitrogens with zero attached hydrogens (tertiary/aromatic N) is 1. The van der Waals surface area contributed by atoms with Gasteiger partial charge in [-0.05, 0) is 41.9 Å². The number of carbonyl (C=O) groups excluding carboxylic acids is 1. The van der Waals surface area contributed by atoms with Gasteiger partial charge >= 0.3 is 0 Å². The Morgan fingerprint density at radius 2 is 1.67 bits per heavy atom. The fraction of sp³-hybridized carbons (Fsp3) is 0.409. The van der Waals surface area contributed by atoms with E-state index in [0.717, 1.165) is 25.8 Å². The average molecular weight is 321 g/mol. The number of carbonyl (C=O) groups is 1. The van der Waals surface area contributed by atoms with Gasteiger partial charge in [0.2, 0.25) is 5.91 Å². The predicted molar refractivity (Wildman–Crippen MR) is 98.9 cm³/mol. The monoisotopic (exact) mass is 321 g/mol. The maximum atomic E-state index is 12.7. The van der Waals surface area contributed by atoms with Gasteiger partial charge < -0.3 is 4.90 Å². The van der Waals surface area contributed by atoms with Crippen LogP contribution in [0.2, 0.25) is 0 Å². The molecule has 2 heteroatoms. The van der Waals surface area contributed by atoms with Crippen molar-refractivity contribution in [1.82, 2.24) is 4.90 Å². The van der Waals surface area contributed by atoms with E-state index in [1.54, 1.807) is 0 Å². The zero-order chi connectivity index (χ0) is 16.9. The molecule has 24 heavy (non-hydrogen) atoms. The van der Waals surface area contributed by atoms with E-state index >= 15 is 0 Å². The summed E-state index contributed by atoms with van der Waals surface area (Å²) >= 11 is 0. The summed E-state index contributed by atoms with van der Waals surface area (Å²) in [6.45, 7) is 5.16. The van der Waals surface area contributed by atoms with Crippen molar-refractivity contribution in [3.8, 4) is 0 Å². The van der Waals surface area contributed by atoms with E-state index in [1.807, 2.05) is 18.2 Å². The van der Waals surface area contributed by atoms with Gasteiger partial charge in [0, 0.05) is 19.0 Å². The minimum absolute atomic E-state index is 0.286. The van der Waals surface area contributed by atoms with Crippen LogP contribution in [0.4, 0.5) is 0 Å². The first-order valence-electron chi connectivity index (χ1n) is 9.05. The first-order chi connectivity index (χ1) is 11.6. The normalized spacial score (nSPS) is 14.0. The van der Waals surface area contributed by atoms with E-state index in [4.69, 9.17) is 0 Å². The van der Waals surface area contributed by atoms with E-state index in [-0.39, 0.29) is 5.91 Å². The number of aryl methyl sites for hydroxylation is 1. The first kappa shape index (κ1) is 16.8. The van der Waals surface area contributed by atoms with Gasteiger partial charge in [0.05, 0.1) is 0 Å². The van der Waals surface area contributed by atoms with Crippen LogP contribution in [0.5, 0.6) is 0 Å². The molecule has 1 aliphatic carbocycles. The van der Waals surface area contributed by atoms with Crippen molar-refractivity contribution in [3.05, 3.63) is 71.3 Å². The van der Waals surface area contributed by atoms with Crippen LogP contribution in [0.1, 0.15) is 55.7 Å².